The lowest BCUT2D eigenvalue weighted by Gasteiger charge is -2.08. The van der Waals surface area contributed by atoms with Gasteiger partial charge in [0, 0.05) is 20.1 Å². The Morgan fingerprint density at radius 1 is 0.286 bits per heavy atom. The average Bonchev–Trinajstić information content (AvgIpc) is 3.00. The summed E-state index contributed by atoms with van der Waals surface area (Å²) < 4.78 is 0. The zero-order valence-corrected chi connectivity index (χ0v) is 25.3. The molecule has 0 unspecified atom stereocenters. The van der Waals surface area contributed by atoms with E-state index in [1.165, 1.54) is 0 Å². The monoisotopic (exact) mass is 624 g/mol. The molecule has 42 heavy (non-hydrogen) atoms. The summed E-state index contributed by atoms with van der Waals surface area (Å²) in [6.45, 7) is 0. The van der Waals surface area contributed by atoms with Gasteiger partial charge in [0.15, 0.2) is 0 Å². The summed E-state index contributed by atoms with van der Waals surface area (Å²) in [6, 6.07) is 30.5. The summed E-state index contributed by atoms with van der Waals surface area (Å²) in [7, 11) is 0. The van der Waals surface area contributed by atoms with Gasteiger partial charge in [-0.05, 0) is 95.1 Å². The number of halogens is 4. The molecular formula is C36H24Cl4N2. The van der Waals surface area contributed by atoms with Crippen molar-refractivity contribution in [3.8, 4) is 0 Å². The third-order valence-electron chi connectivity index (χ3n) is 6.22. The third-order valence-corrected chi connectivity index (χ3v) is 7.23. The molecule has 0 spiro atoms. The van der Waals surface area contributed by atoms with Gasteiger partial charge in [0.1, 0.15) is 0 Å². The van der Waals surface area contributed by atoms with Crippen LogP contribution in [0.25, 0.3) is 48.6 Å². The lowest BCUT2D eigenvalue weighted by atomic mass is 10.1. The van der Waals surface area contributed by atoms with Crippen LogP contribution in [-0.2, 0) is 0 Å². The van der Waals surface area contributed by atoms with Crippen molar-refractivity contribution in [3.63, 3.8) is 0 Å². The molecule has 0 bridgehead atoms. The third kappa shape index (κ3) is 8.55. The Hall–Kier alpha value is -3.92. The molecule has 2 nitrogen and oxygen atoms in total. The van der Waals surface area contributed by atoms with E-state index in [9.17, 15) is 0 Å². The van der Waals surface area contributed by atoms with E-state index in [0.717, 1.165) is 45.0 Å². The van der Waals surface area contributed by atoms with E-state index in [4.69, 9.17) is 56.4 Å². The zero-order valence-electron chi connectivity index (χ0n) is 22.3. The Bertz CT molecular complexity index is 1500. The fourth-order valence-corrected chi connectivity index (χ4v) is 4.48. The SMILES string of the molecule is Clc1ccc(C=Cc2nc(C=Cc3ccc(Cl)cc3)c(C=Cc3ccc(Cl)cc3)nc2C=Cc2ccc(Cl)cc2)cc1. The van der Waals surface area contributed by atoms with Crippen LogP contribution in [0.2, 0.25) is 20.1 Å². The van der Waals surface area contributed by atoms with Crippen LogP contribution >= 0.6 is 46.4 Å². The standard InChI is InChI=1S/C36H24Cl4N2/c37-29-13-1-25(2-14-29)9-21-33-34(22-10-26-3-15-30(38)16-4-26)42-36(24-12-28-7-19-32(40)20-8-28)35(41-33)23-11-27-5-17-31(39)18-6-27/h1-24H. The Morgan fingerprint density at radius 2 is 0.476 bits per heavy atom. The first-order chi connectivity index (χ1) is 20.4. The summed E-state index contributed by atoms with van der Waals surface area (Å²) in [5.41, 5.74) is 6.86. The fourth-order valence-electron chi connectivity index (χ4n) is 3.98. The Kier molecular flexibility index (Phi) is 10.1. The second-order valence-corrected chi connectivity index (χ2v) is 11.0. The Labute approximate surface area is 265 Å². The summed E-state index contributed by atoms with van der Waals surface area (Å²) in [5.74, 6) is 0. The van der Waals surface area contributed by atoms with Gasteiger partial charge in [-0.25, -0.2) is 9.97 Å². The van der Waals surface area contributed by atoms with E-state index in [0.29, 0.717) is 20.1 Å². The summed E-state index contributed by atoms with van der Waals surface area (Å²) in [4.78, 5) is 10.1. The molecule has 1 heterocycles. The maximum Gasteiger partial charge on any atom is 0.0894 e. The number of hydrogen-bond acceptors (Lipinski definition) is 2. The second kappa shape index (κ2) is 14.3. The van der Waals surface area contributed by atoms with Crippen molar-refractivity contribution >= 4 is 95.0 Å². The molecule has 0 radical (unpaired) electrons. The second-order valence-electron chi connectivity index (χ2n) is 9.30. The molecule has 1 aromatic heterocycles. The van der Waals surface area contributed by atoms with Gasteiger partial charge in [-0.2, -0.15) is 0 Å². The van der Waals surface area contributed by atoms with E-state index in [2.05, 4.69) is 0 Å². The lowest BCUT2D eigenvalue weighted by molar-refractivity contribution is 1.12. The molecule has 5 rings (SSSR count). The van der Waals surface area contributed by atoms with Gasteiger partial charge >= 0.3 is 0 Å². The quantitative estimate of drug-likeness (QED) is 0.171. The minimum Gasteiger partial charge on any atom is -0.245 e. The van der Waals surface area contributed by atoms with Crippen LogP contribution < -0.4 is 0 Å². The van der Waals surface area contributed by atoms with E-state index in [-0.39, 0.29) is 0 Å². The molecule has 0 saturated heterocycles. The van der Waals surface area contributed by atoms with Gasteiger partial charge in [-0.15, -0.1) is 0 Å². The van der Waals surface area contributed by atoms with E-state index in [1.54, 1.807) is 0 Å². The van der Waals surface area contributed by atoms with Crippen LogP contribution in [0, 0.1) is 0 Å². The van der Waals surface area contributed by atoms with Gasteiger partial charge in [-0.3, -0.25) is 0 Å². The number of rotatable bonds is 8. The largest absolute Gasteiger partial charge is 0.245 e. The van der Waals surface area contributed by atoms with Crippen LogP contribution in [0.1, 0.15) is 45.0 Å². The number of nitrogens with zero attached hydrogens (tertiary/aromatic N) is 2. The van der Waals surface area contributed by atoms with Crippen LogP contribution in [0.4, 0.5) is 0 Å². The minimum atomic E-state index is 0.685. The first-order valence-corrected chi connectivity index (χ1v) is 14.6. The van der Waals surface area contributed by atoms with Crippen molar-refractivity contribution in [1.82, 2.24) is 9.97 Å². The molecule has 0 fully saturated rings. The normalized spacial score (nSPS) is 11.9. The predicted molar refractivity (Wildman–Crippen MR) is 184 cm³/mol. The minimum absolute atomic E-state index is 0.685. The summed E-state index contributed by atoms with van der Waals surface area (Å²) in [5, 5.41) is 2.74. The molecular weight excluding hydrogens is 602 g/mol. The maximum absolute atomic E-state index is 6.09. The highest BCUT2D eigenvalue weighted by atomic mass is 35.5. The number of benzene rings is 4. The van der Waals surface area contributed by atoms with Crippen molar-refractivity contribution in [2.45, 2.75) is 0 Å². The van der Waals surface area contributed by atoms with Crippen LogP contribution in [-0.4, -0.2) is 9.97 Å². The zero-order chi connectivity index (χ0) is 29.3. The fraction of sp³-hybridized carbons (Fsp3) is 0. The van der Waals surface area contributed by atoms with E-state index in [1.807, 2.05) is 146 Å². The van der Waals surface area contributed by atoms with Crippen molar-refractivity contribution in [3.05, 3.63) is 162 Å². The molecule has 0 amide bonds. The van der Waals surface area contributed by atoms with Gasteiger partial charge in [-0.1, -0.05) is 119 Å². The van der Waals surface area contributed by atoms with Crippen LogP contribution in [0.3, 0.4) is 0 Å². The molecule has 0 atom stereocenters. The smallest absolute Gasteiger partial charge is 0.0894 e. The Balaban J connectivity index is 1.60. The number of aromatic nitrogens is 2. The topological polar surface area (TPSA) is 25.8 Å². The average molecular weight is 626 g/mol. The number of hydrogen-bond donors (Lipinski definition) is 0. The molecule has 0 aliphatic rings. The first-order valence-electron chi connectivity index (χ1n) is 13.1. The van der Waals surface area contributed by atoms with Crippen LogP contribution in [0.5, 0.6) is 0 Å². The van der Waals surface area contributed by atoms with Crippen molar-refractivity contribution in [2.24, 2.45) is 0 Å². The van der Waals surface area contributed by atoms with Gasteiger partial charge in [0.2, 0.25) is 0 Å². The molecule has 0 saturated carbocycles. The molecule has 206 valence electrons. The molecule has 5 aromatic rings. The van der Waals surface area contributed by atoms with Crippen molar-refractivity contribution in [2.75, 3.05) is 0 Å². The van der Waals surface area contributed by atoms with Gasteiger partial charge in [0.25, 0.3) is 0 Å². The van der Waals surface area contributed by atoms with E-state index < -0.39 is 0 Å². The van der Waals surface area contributed by atoms with Crippen molar-refractivity contribution < 1.29 is 0 Å². The summed E-state index contributed by atoms with van der Waals surface area (Å²) in [6.07, 6.45) is 15.8. The molecule has 0 aliphatic heterocycles. The molecule has 6 heteroatoms. The highest BCUT2D eigenvalue weighted by Crippen LogP contribution is 2.22. The highest BCUT2D eigenvalue weighted by molar-refractivity contribution is 6.31. The maximum atomic E-state index is 6.09. The lowest BCUT2D eigenvalue weighted by Crippen LogP contribution is -1.99. The molecule has 0 aliphatic carbocycles. The Morgan fingerprint density at radius 3 is 0.667 bits per heavy atom. The van der Waals surface area contributed by atoms with Gasteiger partial charge < -0.3 is 0 Å². The highest BCUT2D eigenvalue weighted by Gasteiger charge is 2.08. The summed E-state index contributed by atoms with van der Waals surface area (Å²) >= 11 is 24.3. The van der Waals surface area contributed by atoms with Gasteiger partial charge in [0.05, 0.1) is 22.8 Å². The van der Waals surface area contributed by atoms with Crippen molar-refractivity contribution in [1.29, 1.82) is 0 Å². The van der Waals surface area contributed by atoms with E-state index >= 15 is 0 Å². The molecule has 0 N–H and O–H groups in total. The first kappa shape index (κ1) is 29.6. The van der Waals surface area contributed by atoms with Crippen LogP contribution in [0.15, 0.2) is 97.1 Å². The predicted octanol–water partition coefficient (Wildman–Crippen LogP) is 11.8. The molecule has 4 aromatic carbocycles.